The van der Waals surface area contributed by atoms with Gasteiger partial charge in [-0.3, -0.25) is 0 Å². The third-order valence-corrected chi connectivity index (χ3v) is 9.57. The molecular weight excluding hydrogens is 496 g/mol. The van der Waals surface area contributed by atoms with Gasteiger partial charge in [0.05, 0.1) is 0 Å². The molecule has 1 aliphatic rings. The summed E-state index contributed by atoms with van der Waals surface area (Å²) in [7, 11) is 0. The molecule has 0 spiro atoms. The fraction of sp³-hybridized carbons (Fsp3) is 0.949. The summed E-state index contributed by atoms with van der Waals surface area (Å²) >= 11 is 0. The molecular formula is C39H78N2. The Labute approximate surface area is 260 Å². The number of hydrogen-bond acceptors (Lipinski definition) is 2. The van der Waals surface area contributed by atoms with Crippen LogP contribution in [0.3, 0.4) is 0 Å². The monoisotopic (exact) mass is 575 g/mol. The average Bonchev–Trinajstić information content (AvgIpc) is 3.36. The lowest BCUT2D eigenvalue weighted by molar-refractivity contribution is 0.135. The first-order valence-corrected chi connectivity index (χ1v) is 19.5. The first kappa shape index (κ1) is 38.4. The Kier molecular flexibility index (Phi) is 28.8. The maximum Gasteiger partial charge on any atom is 0.101 e. The molecule has 0 aromatic rings. The molecule has 0 saturated heterocycles. The van der Waals surface area contributed by atoms with Crippen molar-refractivity contribution < 1.29 is 0 Å². The van der Waals surface area contributed by atoms with Crippen molar-refractivity contribution in [2.75, 3.05) is 13.1 Å². The zero-order valence-electron chi connectivity index (χ0n) is 29.0. The second kappa shape index (κ2) is 30.8. The van der Waals surface area contributed by atoms with Crippen LogP contribution in [0.5, 0.6) is 0 Å². The highest BCUT2D eigenvalue weighted by Crippen LogP contribution is 2.24. The molecule has 0 saturated carbocycles. The normalized spacial score (nSPS) is 15.0. The van der Waals surface area contributed by atoms with Crippen LogP contribution in [0.1, 0.15) is 220 Å². The highest BCUT2D eigenvalue weighted by molar-refractivity contribution is 4.97. The lowest BCUT2D eigenvalue weighted by atomic mass is 10.0. The molecule has 1 atom stereocenters. The van der Waals surface area contributed by atoms with Crippen LogP contribution >= 0.6 is 0 Å². The molecule has 1 aliphatic heterocycles. The standard InChI is InChI=1S/C39H78N2/c1-4-7-10-12-14-16-18-19-20-21-22-23-25-27-29-31-34-39-40(35-32-9-6-3)37-38-41(39)36-33-30-28-26-24-17-15-13-11-8-5-2/h37-39H,4-36H2,1-3H3. The Morgan fingerprint density at radius 3 is 0.902 bits per heavy atom. The van der Waals surface area contributed by atoms with E-state index in [0.29, 0.717) is 6.17 Å². The summed E-state index contributed by atoms with van der Waals surface area (Å²) < 4.78 is 0. The van der Waals surface area contributed by atoms with Gasteiger partial charge in [-0.25, -0.2) is 0 Å². The van der Waals surface area contributed by atoms with E-state index in [2.05, 4.69) is 43.0 Å². The summed E-state index contributed by atoms with van der Waals surface area (Å²) in [6, 6.07) is 0. The van der Waals surface area contributed by atoms with Gasteiger partial charge in [-0.05, 0) is 25.7 Å². The SMILES string of the molecule is CCCCCCCCCCCCCCCCCCC1N(CCCCC)C=CN1CCCCCCCCCCCCC. The largest absolute Gasteiger partial charge is 0.356 e. The first-order chi connectivity index (χ1) is 20.3. The number of hydrogen-bond donors (Lipinski definition) is 0. The minimum atomic E-state index is 0.640. The molecule has 0 aromatic carbocycles. The Hall–Kier alpha value is -0.660. The van der Waals surface area contributed by atoms with Gasteiger partial charge in [0.1, 0.15) is 6.17 Å². The van der Waals surface area contributed by atoms with Crippen molar-refractivity contribution in [1.82, 2.24) is 9.80 Å². The molecule has 0 aromatic heterocycles. The Bertz CT molecular complexity index is 530. The van der Waals surface area contributed by atoms with Crippen molar-refractivity contribution in [3.8, 4) is 0 Å². The fourth-order valence-electron chi connectivity index (χ4n) is 6.72. The zero-order valence-corrected chi connectivity index (χ0v) is 29.0. The summed E-state index contributed by atoms with van der Waals surface area (Å²) in [6.45, 7) is 9.47. The van der Waals surface area contributed by atoms with Crippen molar-refractivity contribution in [2.45, 2.75) is 226 Å². The molecule has 41 heavy (non-hydrogen) atoms. The van der Waals surface area contributed by atoms with Crippen molar-refractivity contribution in [3.05, 3.63) is 12.4 Å². The summed E-state index contributed by atoms with van der Waals surface area (Å²) in [4.78, 5) is 5.38. The molecule has 0 N–H and O–H groups in total. The van der Waals surface area contributed by atoms with Crippen LogP contribution in [-0.2, 0) is 0 Å². The summed E-state index contributed by atoms with van der Waals surface area (Å²) in [6.07, 6.45) is 50.0. The van der Waals surface area contributed by atoms with Crippen LogP contribution < -0.4 is 0 Å². The van der Waals surface area contributed by atoms with Gasteiger partial charge in [0, 0.05) is 25.5 Å². The lowest BCUT2D eigenvalue weighted by Gasteiger charge is -2.33. The van der Waals surface area contributed by atoms with Crippen molar-refractivity contribution in [3.63, 3.8) is 0 Å². The van der Waals surface area contributed by atoms with Gasteiger partial charge in [0.15, 0.2) is 0 Å². The number of rotatable bonds is 33. The smallest absolute Gasteiger partial charge is 0.101 e. The Balaban J connectivity index is 2.07. The van der Waals surface area contributed by atoms with E-state index in [1.165, 1.54) is 212 Å². The Morgan fingerprint density at radius 1 is 0.317 bits per heavy atom. The predicted molar refractivity (Wildman–Crippen MR) is 186 cm³/mol. The van der Waals surface area contributed by atoms with Gasteiger partial charge in [-0.1, -0.05) is 194 Å². The van der Waals surface area contributed by atoms with Crippen LogP contribution in [0.4, 0.5) is 0 Å². The fourth-order valence-corrected chi connectivity index (χ4v) is 6.72. The molecule has 2 heteroatoms. The molecule has 0 bridgehead atoms. The molecule has 1 rings (SSSR count). The van der Waals surface area contributed by atoms with Gasteiger partial charge >= 0.3 is 0 Å². The number of nitrogens with zero attached hydrogens (tertiary/aromatic N) is 2. The van der Waals surface area contributed by atoms with E-state index < -0.39 is 0 Å². The van der Waals surface area contributed by atoms with Gasteiger partial charge in [-0.2, -0.15) is 0 Å². The summed E-state index contributed by atoms with van der Waals surface area (Å²) in [5.41, 5.74) is 0. The van der Waals surface area contributed by atoms with E-state index in [1.807, 2.05) is 0 Å². The molecule has 0 aliphatic carbocycles. The third kappa shape index (κ3) is 23.5. The van der Waals surface area contributed by atoms with Gasteiger partial charge in [0.2, 0.25) is 0 Å². The number of unbranched alkanes of at least 4 members (excludes halogenated alkanes) is 27. The van der Waals surface area contributed by atoms with E-state index in [4.69, 9.17) is 0 Å². The van der Waals surface area contributed by atoms with Gasteiger partial charge in [-0.15, -0.1) is 0 Å². The topological polar surface area (TPSA) is 6.48 Å². The highest BCUT2D eigenvalue weighted by atomic mass is 15.4. The van der Waals surface area contributed by atoms with Gasteiger partial charge < -0.3 is 9.80 Å². The molecule has 1 heterocycles. The minimum absolute atomic E-state index is 0.640. The van der Waals surface area contributed by atoms with E-state index in [9.17, 15) is 0 Å². The van der Waals surface area contributed by atoms with Crippen LogP contribution in [0, 0.1) is 0 Å². The van der Waals surface area contributed by atoms with Crippen molar-refractivity contribution >= 4 is 0 Å². The first-order valence-electron chi connectivity index (χ1n) is 19.5. The summed E-state index contributed by atoms with van der Waals surface area (Å²) in [5, 5.41) is 0. The lowest BCUT2D eigenvalue weighted by Crippen LogP contribution is -2.39. The van der Waals surface area contributed by atoms with Crippen molar-refractivity contribution in [2.24, 2.45) is 0 Å². The molecule has 0 amide bonds. The molecule has 0 fully saturated rings. The van der Waals surface area contributed by atoms with E-state index in [1.54, 1.807) is 0 Å². The van der Waals surface area contributed by atoms with Crippen LogP contribution in [0.25, 0.3) is 0 Å². The maximum absolute atomic E-state index is 2.70. The minimum Gasteiger partial charge on any atom is -0.356 e. The van der Waals surface area contributed by atoms with Crippen LogP contribution in [0.15, 0.2) is 12.4 Å². The maximum atomic E-state index is 2.70. The second-order valence-electron chi connectivity index (χ2n) is 13.6. The van der Waals surface area contributed by atoms with E-state index in [-0.39, 0.29) is 0 Å². The van der Waals surface area contributed by atoms with Crippen molar-refractivity contribution in [1.29, 1.82) is 0 Å². The average molecular weight is 575 g/mol. The second-order valence-corrected chi connectivity index (χ2v) is 13.6. The predicted octanol–water partition coefficient (Wildman–Crippen LogP) is 13.6. The van der Waals surface area contributed by atoms with Crippen LogP contribution in [-0.4, -0.2) is 29.1 Å². The highest BCUT2D eigenvalue weighted by Gasteiger charge is 2.24. The summed E-state index contributed by atoms with van der Waals surface area (Å²) in [5.74, 6) is 0. The molecule has 2 nitrogen and oxygen atoms in total. The Morgan fingerprint density at radius 2 is 0.561 bits per heavy atom. The zero-order chi connectivity index (χ0) is 29.5. The molecule has 1 unspecified atom stereocenters. The third-order valence-electron chi connectivity index (χ3n) is 9.57. The van der Waals surface area contributed by atoms with Gasteiger partial charge in [0.25, 0.3) is 0 Å². The van der Waals surface area contributed by atoms with E-state index in [0.717, 1.165) is 0 Å². The quantitative estimate of drug-likeness (QED) is 0.0719. The molecule has 0 radical (unpaired) electrons. The van der Waals surface area contributed by atoms with E-state index >= 15 is 0 Å². The van der Waals surface area contributed by atoms with Crippen LogP contribution in [0.2, 0.25) is 0 Å². The molecule has 244 valence electrons.